The fourth-order valence-corrected chi connectivity index (χ4v) is 2.82. The molecule has 5 nitrogen and oxygen atoms in total. The maximum Gasteiger partial charge on any atom is 0.358 e. The third kappa shape index (κ3) is 1.87. The van der Waals surface area contributed by atoms with Crippen LogP contribution in [0.25, 0.3) is 21.8 Å². The average molecular weight is 292 g/mol. The van der Waals surface area contributed by atoms with Crippen LogP contribution in [0.4, 0.5) is 0 Å². The maximum atomic E-state index is 10.9. The number of carboxylic acid groups (broad SMARTS) is 1. The molecule has 0 aliphatic carbocycles. The summed E-state index contributed by atoms with van der Waals surface area (Å²) in [5.41, 5.74) is 2.09. The number of nitrogens with zero attached hydrogens (tertiary/aromatic N) is 2. The minimum absolute atomic E-state index is 0.0734. The molecule has 108 valence electrons. The SMILES string of the molecule is O=C(O)c1cc(Cn2c3ccccc3c3ccccc32)on1. The van der Waals surface area contributed by atoms with Gasteiger partial charge >= 0.3 is 5.97 Å². The molecule has 0 amide bonds. The van der Waals surface area contributed by atoms with E-state index in [0.717, 1.165) is 21.8 Å². The van der Waals surface area contributed by atoms with E-state index in [-0.39, 0.29) is 5.69 Å². The Morgan fingerprint density at radius 2 is 1.64 bits per heavy atom. The van der Waals surface area contributed by atoms with Crippen molar-refractivity contribution in [2.75, 3.05) is 0 Å². The van der Waals surface area contributed by atoms with Gasteiger partial charge in [0.1, 0.15) is 0 Å². The molecule has 5 heteroatoms. The summed E-state index contributed by atoms with van der Waals surface area (Å²) in [7, 11) is 0. The molecule has 0 atom stereocenters. The normalized spacial score (nSPS) is 11.3. The molecule has 4 rings (SSSR count). The number of carbonyl (C=O) groups is 1. The van der Waals surface area contributed by atoms with Crippen LogP contribution in [-0.2, 0) is 6.54 Å². The zero-order valence-corrected chi connectivity index (χ0v) is 11.6. The lowest BCUT2D eigenvalue weighted by Gasteiger charge is -2.04. The zero-order chi connectivity index (χ0) is 15.1. The molecule has 0 saturated heterocycles. The minimum Gasteiger partial charge on any atom is -0.476 e. The Morgan fingerprint density at radius 3 is 2.18 bits per heavy atom. The molecule has 2 aromatic carbocycles. The highest BCUT2D eigenvalue weighted by atomic mass is 16.5. The number of hydrogen-bond donors (Lipinski definition) is 1. The van der Waals surface area contributed by atoms with Crippen LogP contribution >= 0.6 is 0 Å². The molecule has 0 fully saturated rings. The van der Waals surface area contributed by atoms with Crippen molar-refractivity contribution in [3.8, 4) is 0 Å². The van der Waals surface area contributed by atoms with Gasteiger partial charge in [0.2, 0.25) is 0 Å². The van der Waals surface area contributed by atoms with Crippen molar-refractivity contribution < 1.29 is 14.4 Å². The highest BCUT2D eigenvalue weighted by Crippen LogP contribution is 2.29. The fourth-order valence-electron chi connectivity index (χ4n) is 2.82. The summed E-state index contributed by atoms with van der Waals surface area (Å²) in [4.78, 5) is 10.9. The lowest BCUT2D eigenvalue weighted by molar-refractivity contribution is 0.0685. The van der Waals surface area contributed by atoms with E-state index in [4.69, 9.17) is 9.63 Å². The lowest BCUT2D eigenvalue weighted by Crippen LogP contribution is -1.98. The molecule has 2 heterocycles. The van der Waals surface area contributed by atoms with Gasteiger partial charge < -0.3 is 14.2 Å². The summed E-state index contributed by atoms with van der Waals surface area (Å²) in [6.45, 7) is 0.439. The van der Waals surface area contributed by atoms with E-state index in [9.17, 15) is 4.79 Å². The second-order valence-corrected chi connectivity index (χ2v) is 5.10. The third-order valence-electron chi connectivity index (χ3n) is 3.77. The van der Waals surface area contributed by atoms with Crippen molar-refractivity contribution in [1.29, 1.82) is 0 Å². The van der Waals surface area contributed by atoms with Gasteiger partial charge in [0.15, 0.2) is 11.5 Å². The summed E-state index contributed by atoms with van der Waals surface area (Å²) in [6, 6.07) is 17.7. The molecule has 0 aliphatic heterocycles. The van der Waals surface area contributed by atoms with Gasteiger partial charge in [-0.3, -0.25) is 0 Å². The van der Waals surface area contributed by atoms with Crippen molar-refractivity contribution in [1.82, 2.24) is 9.72 Å². The van der Waals surface area contributed by atoms with E-state index in [2.05, 4.69) is 21.9 Å². The van der Waals surface area contributed by atoms with Crippen molar-refractivity contribution in [3.05, 3.63) is 66.1 Å². The summed E-state index contributed by atoms with van der Waals surface area (Å²) >= 11 is 0. The van der Waals surface area contributed by atoms with Crippen LogP contribution in [0.2, 0.25) is 0 Å². The quantitative estimate of drug-likeness (QED) is 0.627. The smallest absolute Gasteiger partial charge is 0.358 e. The Hall–Kier alpha value is -3.08. The first-order chi connectivity index (χ1) is 10.7. The molecule has 0 aliphatic rings. The van der Waals surface area contributed by atoms with Crippen molar-refractivity contribution in [3.63, 3.8) is 0 Å². The van der Waals surface area contributed by atoms with Crippen LogP contribution in [0.3, 0.4) is 0 Å². The van der Waals surface area contributed by atoms with Gasteiger partial charge in [-0.25, -0.2) is 4.79 Å². The van der Waals surface area contributed by atoms with Crippen molar-refractivity contribution in [2.24, 2.45) is 0 Å². The number of hydrogen-bond acceptors (Lipinski definition) is 3. The first kappa shape index (κ1) is 12.6. The number of rotatable bonds is 3. The molecule has 2 aromatic heterocycles. The monoisotopic (exact) mass is 292 g/mol. The van der Waals surface area contributed by atoms with Crippen molar-refractivity contribution >= 4 is 27.8 Å². The molecule has 0 spiro atoms. The molecule has 0 radical (unpaired) electrons. The third-order valence-corrected chi connectivity index (χ3v) is 3.77. The number of para-hydroxylation sites is 2. The second kappa shape index (κ2) is 4.73. The van der Waals surface area contributed by atoms with E-state index < -0.39 is 5.97 Å². The molecule has 0 saturated carbocycles. The van der Waals surface area contributed by atoms with Crippen LogP contribution in [0.5, 0.6) is 0 Å². The summed E-state index contributed by atoms with van der Waals surface area (Å²) in [5.74, 6) is -0.568. The predicted octanol–water partition coefficient (Wildman–Crippen LogP) is 3.53. The van der Waals surface area contributed by atoms with Crippen LogP contribution in [0, 0.1) is 0 Å². The Kier molecular flexibility index (Phi) is 2.72. The van der Waals surface area contributed by atoms with Gasteiger partial charge in [-0.2, -0.15) is 0 Å². The van der Waals surface area contributed by atoms with Crippen LogP contribution < -0.4 is 0 Å². The molecular weight excluding hydrogens is 280 g/mol. The van der Waals surface area contributed by atoms with E-state index >= 15 is 0 Å². The maximum absolute atomic E-state index is 10.9. The van der Waals surface area contributed by atoms with Gasteiger partial charge in [-0.1, -0.05) is 41.6 Å². The van der Waals surface area contributed by atoms with Gasteiger partial charge in [-0.15, -0.1) is 0 Å². The minimum atomic E-state index is -1.09. The number of aromatic carboxylic acids is 1. The van der Waals surface area contributed by atoms with Crippen LogP contribution in [0.1, 0.15) is 16.2 Å². The Balaban J connectivity index is 1.90. The highest BCUT2D eigenvalue weighted by Gasteiger charge is 2.14. The van der Waals surface area contributed by atoms with E-state index in [1.54, 1.807) is 0 Å². The predicted molar refractivity (Wildman–Crippen MR) is 82.0 cm³/mol. The molecule has 0 bridgehead atoms. The molecular formula is C17H12N2O3. The van der Waals surface area contributed by atoms with E-state index in [0.29, 0.717) is 12.3 Å². The average Bonchev–Trinajstić information content (AvgIpc) is 3.13. The Labute approximate surface area is 125 Å². The largest absolute Gasteiger partial charge is 0.476 e. The van der Waals surface area contributed by atoms with Gasteiger partial charge in [0, 0.05) is 27.9 Å². The van der Waals surface area contributed by atoms with E-state index in [1.807, 2.05) is 36.4 Å². The number of benzene rings is 2. The summed E-state index contributed by atoms with van der Waals surface area (Å²) in [6.07, 6.45) is 0. The standard InChI is InChI=1S/C17H12N2O3/c20-17(21)14-9-11(22-18-14)10-19-15-7-3-1-5-12(15)13-6-2-4-8-16(13)19/h1-9H,10H2,(H,20,21). The van der Waals surface area contributed by atoms with Gasteiger partial charge in [-0.05, 0) is 12.1 Å². The number of carboxylic acids is 1. The van der Waals surface area contributed by atoms with Gasteiger partial charge in [0.25, 0.3) is 0 Å². The Morgan fingerprint density at radius 1 is 1.05 bits per heavy atom. The molecule has 22 heavy (non-hydrogen) atoms. The Bertz CT molecular complexity index is 944. The first-order valence-corrected chi connectivity index (χ1v) is 6.89. The summed E-state index contributed by atoms with van der Waals surface area (Å²) in [5, 5.41) is 14.8. The van der Waals surface area contributed by atoms with Crippen molar-refractivity contribution in [2.45, 2.75) is 6.54 Å². The number of fused-ring (bicyclic) bond motifs is 3. The molecule has 0 unspecified atom stereocenters. The zero-order valence-electron chi connectivity index (χ0n) is 11.6. The first-order valence-electron chi connectivity index (χ1n) is 6.89. The highest BCUT2D eigenvalue weighted by molar-refractivity contribution is 6.08. The fraction of sp³-hybridized carbons (Fsp3) is 0.0588. The van der Waals surface area contributed by atoms with Crippen LogP contribution in [0.15, 0.2) is 59.1 Å². The summed E-state index contributed by atoms with van der Waals surface area (Å²) < 4.78 is 7.25. The molecule has 1 N–H and O–H groups in total. The molecule has 4 aromatic rings. The number of aromatic nitrogens is 2. The second-order valence-electron chi connectivity index (χ2n) is 5.10. The lowest BCUT2D eigenvalue weighted by atomic mass is 10.2. The van der Waals surface area contributed by atoms with Crippen LogP contribution in [-0.4, -0.2) is 20.8 Å². The van der Waals surface area contributed by atoms with E-state index in [1.165, 1.54) is 6.07 Å². The van der Waals surface area contributed by atoms with Gasteiger partial charge in [0.05, 0.1) is 6.54 Å². The topological polar surface area (TPSA) is 68.3 Å².